The molecule has 8 nitrogen and oxygen atoms in total. The van der Waals surface area contributed by atoms with E-state index in [1.165, 1.54) is 12.1 Å². The van der Waals surface area contributed by atoms with E-state index in [-0.39, 0.29) is 0 Å². The number of aliphatic hydroxyl groups is 1. The topological polar surface area (TPSA) is 85.8 Å². The van der Waals surface area contributed by atoms with E-state index in [1.807, 2.05) is 13.0 Å². The number of hydrogen-bond acceptors (Lipinski definition) is 8. The van der Waals surface area contributed by atoms with E-state index in [9.17, 15) is 9.50 Å². The highest BCUT2D eigenvalue weighted by Gasteiger charge is 2.24. The predicted octanol–water partition coefficient (Wildman–Crippen LogP) is 5.94. The van der Waals surface area contributed by atoms with Crippen LogP contribution in [0.5, 0.6) is 5.75 Å². The number of anilines is 5. The van der Waals surface area contributed by atoms with Crippen molar-refractivity contribution in [2.45, 2.75) is 45.3 Å². The number of rotatable bonds is 8. The lowest BCUT2D eigenvalue weighted by Crippen LogP contribution is -2.42. The van der Waals surface area contributed by atoms with Crippen molar-refractivity contribution in [2.75, 3.05) is 49.8 Å². The minimum absolute atomic E-state index is 0.363. The SMILES string of the molecule is COc1cc(Nc2ncc(Br)c(Nc3cc(F)ccc3C(C)(C)O)n2)c(C)cc1N1CCC(N(C)C)CC1. The van der Waals surface area contributed by atoms with Crippen LogP contribution in [0.2, 0.25) is 0 Å². The molecule has 3 aromatic rings. The molecular formula is C28H36BrFN6O2. The highest BCUT2D eigenvalue weighted by atomic mass is 79.9. The Morgan fingerprint density at radius 1 is 1.13 bits per heavy atom. The van der Waals surface area contributed by atoms with Crippen molar-refractivity contribution in [2.24, 2.45) is 0 Å². The van der Waals surface area contributed by atoms with Crippen molar-refractivity contribution in [3.8, 4) is 5.75 Å². The van der Waals surface area contributed by atoms with Gasteiger partial charge in [0.05, 0.1) is 22.9 Å². The second-order valence-electron chi connectivity index (χ2n) is 10.4. The van der Waals surface area contributed by atoms with Gasteiger partial charge in [0.15, 0.2) is 0 Å². The van der Waals surface area contributed by atoms with Gasteiger partial charge in [0, 0.05) is 48.3 Å². The summed E-state index contributed by atoms with van der Waals surface area (Å²) >= 11 is 3.47. The fourth-order valence-corrected chi connectivity index (χ4v) is 5.05. The molecule has 1 aliphatic heterocycles. The number of nitrogens with one attached hydrogen (secondary N) is 2. The Hall–Kier alpha value is -2.95. The molecule has 0 aliphatic carbocycles. The van der Waals surface area contributed by atoms with Gasteiger partial charge in [-0.15, -0.1) is 0 Å². The van der Waals surface area contributed by atoms with Crippen LogP contribution in [0.25, 0.3) is 0 Å². The van der Waals surface area contributed by atoms with Gasteiger partial charge >= 0.3 is 0 Å². The zero-order chi connectivity index (χ0) is 27.6. The van der Waals surface area contributed by atoms with Crippen molar-refractivity contribution in [3.05, 3.63) is 57.9 Å². The zero-order valence-corrected chi connectivity index (χ0v) is 24.4. The summed E-state index contributed by atoms with van der Waals surface area (Å²) in [6.45, 7) is 7.29. The first-order chi connectivity index (χ1) is 18.0. The van der Waals surface area contributed by atoms with Gasteiger partial charge in [-0.2, -0.15) is 4.98 Å². The lowest BCUT2D eigenvalue weighted by Gasteiger charge is -2.37. The average molecular weight is 588 g/mol. The standard InChI is InChI=1S/C28H36BrFN6O2/c1-17-13-24(36-11-9-19(10-12-36)35(4)5)25(38-6)15-22(17)33-27-31-16-21(29)26(34-27)32-23-14-18(30)7-8-20(23)28(2,3)37/h7-8,13-16,19,37H,9-12H2,1-6H3,(H2,31,32,33,34). The summed E-state index contributed by atoms with van der Waals surface area (Å²) in [6.07, 6.45) is 3.84. The molecule has 0 atom stereocenters. The van der Waals surface area contributed by atoms with E-state index >= 15 is 0 Å². The van der Waals surface area contributed by atoms with E-state index in [4.69, 9.17) is 4.74 Å². The molecule has 1 fully saturated rings. The molecule has 204 valence electrons. The summed E-state index contributed by atoms with van der Waals surface area (Å²) in [4.78, 5) is 13.7. The molecule has 0 amide bonds. The molecule has 10 heteroatoms. The van der Waals surface area contributed by atoms with Crippen LogP contribution in [0, 0.1) is 12.7 Å². The van der Waals surface area contributed by atoms with Gasteiger partial charge in [-0.25, -0.2) is 9.37 Å². The van der Waals surface area contributed by atoms with E-state index in [2.05, 4.69) is 66.5 Å². The smallest absolute Gasteiger partial charge is 0.229 e. The number of benzene rings is 2. The summed E-state index contributed by atoms with van der Waals surface area (Å²) in [5.41, 5.74) is 2.73. The maximum atomic E-state index is 14.0. The maximum absolute atomic E-state index is 14.0. The van der Waals surface area contributed by atoms with E-state index in [1.54, 1.807) is 33.2 Å². The lowest BCUT2D eigenvalue weighted by atomic mass is 9.96. The molecule has 1 aliphatic rings. The van der Waals surface area contributed by atoms with Gasteiger partial charge in [-0.05, 0) is 87.4 Å². The lowest BCUT2D eigenvalue weighted by molar-refractivity contribution is 0.0793. The Balaban J connectivity index is 1.58. The molecule has 1 aromatic heterocycles. The fourth-order valence-electron chi connectivity index (χ4n) is 4.76. The molecule has 0 unspecified atom stereocenters. The highest BCUT2D eigenvalue weighted by molar-refractivity contribution is 9.10. The number of aryl methyl sites for hydroxylation is 1. The van der Waals surface area contributed by atoms with Gasteiger partial charge < -0.3 is 30.3 Å². The van der Waals surface area contributed by atoms with Gasteiger partial charge in [0.1, 0.15) is 17.4 Å². The summed E-state index contributed by atoms with van der Waals surface area (Å²) in [5.74, 6) is 1.16. The van der Waals surface area contributed by atoms with Crippen LogP contribution < -0.4 is 20.3 Å². The van der Waals surface area contributed by atoms with Gasteiger partial charge in [0.2, 0.25) is 5.95 Å². The molecule has 2 heterocycles. The van der Waals surface area contributed by atoms with Crippen LogP contribution in [-0.4, -0.2) is 60.3 Å². The van der Waals surface area contributed by atoms with Crippen LogP contribution in [0.15, 0.2) is 41.0 Å². The number of halogens is 2. The third kappa shape index (κ3) is 6.36. The normalized spacial score (nSPS) is 14.6. The van der Waals surface area contributed by atoms with Gasteiger partial charge in [-0.3, -0.25) is 0 Å². The number of piperidine rings is 1. The van der Waals surface area contributed by atoms with E-state index < -0.39 is 11.4 Å². The van der Waals surface area contributed by atoms with Gasteiger partial charge in [0.25, 0.3) is 0 Å². The Kier molecular flexibility index (Phi) is 8.44. The first-order valence-electron chi connectivity index (χ1n) is 12.6. The van der Waals surface area contributed by atoms with Crippen molar-refractivity contribution >= 4 is 44.8 Å². The minimum Gasteiger partial charge on any atom is -0.495 e. The second-order valence-corrected chi connectivity index (χ2v) is 11.3. The third-order valence-corrected chi connectivity index (χ3v) is 7.53. The molecular weight excluding hydrogens is 551 g/mol. The number of hydrogen-bond donors (Lipinski definition) is 3. The first-order valence-corrected chi connectivity index (χ1v) is 13.4. The predicted molar refractivity (Wildman–Crippen MR) is 155 cm³/mol. The van der Waals surface area contributed by atoms with Crippen molar-refractivity contribution in [1.29, 1.82) is 0 Å². The van der Waals surface area contributed by atoms with Crippen LogP contribution in [-0.2, 0) is 5.60 Å². The number of ether oxygens (including phenoxy) is 1. The monoisotopic (exact) mass is 586 g/mol. The molecule has 0 radical (unpaired) electrons. The third-order valence-electron chi connectivity index (χ3n) is 6.95. The Morgan fingerprint density at radius 3 is 2.47 bits per heavy atom. The van der Waals surface area contributed by atoms with Crippen LogP contribution in [0.3, 0.4) is 0 Å². The summed E-state index contributed by atoms with van der Waals surface area (Å²) in [5, 5.41) is 17.0. The maximum Gasteiger partial charge on any atom is 0.229 e. The van der Waals surface area contributed by atoms with E-state index in [0.717, 1.165) is 48.6 Å². The molecule has 3 N–H and O–H groups in total. The van der Waals surface area contributed by atoms with Crippen LogP contribution in [0.1, 0.15) is 37.8 Å². The molecule has 2 aromatic carbocycles. The van der Waals surface area contributed by atoms with Crippen molar-refractivity contribution in [1.82, 2.24) is 14.9 Å². The molecule has 1 saturated heterocycles. The minimum atomic E-state index is -1.17. The molecule has 0 spiro atoms. The average Bonchev–Trinajstić information content (AvgIpc) is 2.86. The van der Waals surface area contributed by atoms with E-state index in [0.29, 0.717) is 33.5 Å². The Bertz CT molecular complexity index is 1290. The molecule has 0 saturated carbocycles. The fraction of sp³-hybridized carbons (Fsp3) is 0.429. The molecule has 0 bridgehead atoms. The summed E-state index contributed by atoms with van der Waals surface area (Å²) in [6, 6.07) is 8.93. The molecule has 38 heavy (non-hydrogen) atoms. The zero-order valence-electron chi connectivity index (χ0n) is 22.8. The first kappa shape index (κ1) is 28.1. The second kappa shape index (κ2) is 11.4. The molecule has 4 rings (SSSR count). The number of nitrogens with zero attached hydrogens (tertiary/aromatic N) is 4. The van der Waals surface area contributed by atoms with Crippen molar-refractivity contribution in [3.63, 3.8) is 0 Å². The Labute approximate surface area is 232 Å². The van der Waals surface area contributed by atoms with Gasteiger partial charge in [-0.1, -0.05) is 6.07 Å². The largest absolute Gasteiger partial charge is 0.495 e. The van der Waals surface area contributed by atoms with Crippen LogP contribution in [0.4, 0.5) is 33.2 Å². The Morgan fingerprint density at radius 2 is 1.84 bits per heavy atom. The quantitative estimate of drug-likeness (QED) is 0.299. The summed E-state index contributed by atoms with van der Waals surface area (Å²) < 4.78 is 20.4. The highest BCUT2D eigenvalue weighted by Crippen LogP contribution is 2.37. The van der Waals surface area contributed by atoms with Crippen LogP contribution >= 0.6 is 15.9 Å². The number of aromatic nitrogens is 2. The van der Waals surface area contributed by atoms with Crippen molar-refractivity contribution < 1.29 is 14.2 Å². The number of methoxy groups -OCH3 is 1. The summed E-state index contributed by atoms with van der Waals surface area (Å²) in [7, 11) is 5.96.